The fraction of sp³-hybridized carbons (Fsp3) is 0.333. The smallest absolute Gasteiger partial charge is 0.407 e. The number of halogens is 1. The molecule has 112 valence electrons. The van der Waals surface area contributed by atoms with Crippen LogP contribution in [0.3, 0.4) is 0 Å². The molecule has 5 nitrogen and oxygen atoms in total. The van der Waals surface area contributed by atoms with E-state index in [1.165, 1.54) is 0 Å². The third-order valence-corrected chi connectivity index (χ3v) is 3.01. The summed E-state index contributed by atoms with van der Waals surface area (Å²) < 4.78 is 5.19. The second-order valence-corrected chi connectivity index (χ2v) is 6.06. The Balaban J connectivity index is 2.05. The van der Waals surface area contributed by atoms with Crippen molar-refractivity contribution in [2.45, 2.75) is 32.9 Å². The monoisotopic (exact) mass is 307 g/mol. The van der Waals surface area contributed by atoms with Crippen LogP contribution in [0, 0.1) is 0 Å². The molecule has 6 heteroatoms. The van der Waals surface area contributed by atoms with Gasteiger partial charge in [-0.05, 0) is 38.5 Å². The number of hydrogen-bond donors (Lipinski definition) is 2. The Morgan fingerprint density at radius 3 is 2.81 bits per heavy atom. The van der Waals surface area contributed by atoms with Gasteiger partial charge in [0.05, 0.1) is 6.20 Å². The summed E-state index contributed by atoms with van der Waals surface area (Å²) in [6.07, 6.45) is 3.03. The highest BCUT2D eigenvalue weighted by Gasteiger charge is 2.15. The predicted molar refractivity (Wildman–Crippen MR) is 82.1 cm³/mol. The number of hydrogen-bond acceptors (Lipinski definition) is 3. The molecule has 0 bridgehead atoms. The van der Waals surface area contributed by atoms with Crippen LogP contribution in [0.1, 0.15) is 26.3 Å². The molecule has 0 fully saturated rings. The second-order valence-electron chi connectivity index (χ2n) is 5.66. The molecule has 2 N–H and O–H groups in total. The van der Waals surface area contributed by atoms with Gasteiger partial charge >= 0.3 is 6.09 Å². The van der Waals surface area contributed by atoms with Gasteiger partial charge in [-0.15, -0.1) is 0 Å². The Bertz CT molecular complexity index is 618. The van der Waals surface area contributed by atoms with Crippen molar-refractivity contribution in [3.63, 3.8) is 0 Å². The summed E-state index contributed by atoms with van der Waals surface area (Å²) in [5.74, 6) is 0. The van der Waals surface area contributed by atoms with E-state index >= 15 is 0 Å². The van der Waals surface area contributed by atoms with Gasteiger partial charge in [-0.1, -0.05) is 17.7 Å². The zero-order valence-corrected chi connectivity index (χ0v) is 13.0. The van der Waals surface area contributed by atoms with Crippen LogP contribution in [0.5, 0.6) is 0 Å². The number of nitrogens with one attached hydrogen (secondary N) is 2. The zero-order valence-electron chi connectivity index (χ0n) is 12.2. The van der Waals surface area contributed by atoms with Crippen molar-refractivity contribution in [1.82, 2.24) is 15.5 Å². The molecule has 1 aromatic carbocycles. The maximum atomic E-state index is 11.6. The molecule has 0 saturated heterocycles. The highest BCUT2D eigenvalue weighted by atomic mass is 35.5. The van der Waals surface area contributed by atoms with Crippen molar-refractivity contribution in [2.75, 3.05) is 0 Å². The summed E-state index contributed by atoms with van der Waals surface area (Å²) in [5, 5.41) is 10.0. The first-order valence-corrected chi connectivity index (χ1v) is 6.97. The van der Waals surface area contributed by atoms with Crippen LogP contribution >= 0.6 is 11.6 Å². The third kappa shape index (κ3) is 4.49. The van der Waals surface area contributed by atoms with E-state index in [0.29, 0.717) is 11.6 Å². The average Bonchev–Trinajstić information content (AvgIpc) is 2.89. The van der Waals surface area contributed by atoms with E-state index in [2.05, 4.69) is 15.5 Å². The van der Waals surface area contributed by atoms with Gasteiger partial charge in [0, 0.05) is 28.9 Å². The van der Waals surface area contributed by atoms with Crippen molar-refractivity contribution >= 4 is 17.7 Å². The van der Waals surface area contributed by atoms with E-state index in [9.17, 15) is 4.79 Å². The lowest BCUT2D eigenvalue weighted by molar-refractivity contribution is 0.0523. The number of aromatic amines is 1. The van der Waals surface area contributed by atoms with Gasteiger partial charge < -0.3 is 10.1 Å². The van der Waals surface area contributed by atoms with Crippen LogP contribution < -0.4 is 5.32 Å². The molecule has 0 aliphatic rings. The van der Waals surface area contributed by atoms with Crippen LogP contribution in [0.15, 0.2) is 30.6 Å². The Kier molecular flexibility index (Phi) is 4.53. The number of amides is 1. The fourth-order valence-corrected chi connectivity index (χ4v) is 2.02. The Morgan fingerprint density at radius 1 is 1.43 bits per heavy atom. The lowest BCUT2D eigenvalue weighted by Crippen LogP contribution is -2.32. The highest BCUT2D eigenvalue weighted by molar-refractivity contribution is 6.33. The summed E-state index contributed by atoms with van der Waals surface area (Å²) in [7, 11) is 0. The van der Waals surface area contributed by atoms with Crippen LogP contribution in [-0.4, -0.2) is 21.9 Å². The lowest BCUT2D eigenvalue weighted by Gasteiger charge is -2.19. The average molecular weight is 308 g/mol. The van der Waals surface area contributed by atoms with Crippen LogP contribution in [0.4, 0.5) is 4.79 Å². The minimum atomic E-state index is -0.508. The van der Waals surface area contributed by atoms with E-state index in [4.69, 9.17) is 16.3 Å². The summed E-state index contributed by atoms with van der Waals surface area (Å²) in [6.45, 7) is 5.85. The Hall–Kier alpha value is -2.01. The van der Waals surface area contributed by atoms with Gasteiger partial charge in [0.1, 0.15) is 5.60 Å². The zero-order chi connectivity index (χ0) is 15.5. The van der Waals surface area contributed by atoms with Crippen molar-refractivity contribution in [2.24, 2.45) is 0 Å². The van der Waals surface area contributed by atoms with Crippen molar-refractivity contribution in [3.8, 4) is 11.1 Å². The number of H-pyrrole nitrogens is 1. The number of carbonyl (C=O) groups is 1. The van der Waals surface area contributed by atoms with E-state index in [-0.39, 0.29) is 0 Å². The molecular weight excluding hydrogens is 290 g/mol. The summed E-state index contributed by atoms with van der Waals surface area (Å²) in [5.41, 5.74) is 2.20. The van der Waals surface area contributed by atoms with Crippen LogP contribution in [0.2, 0.25) is 5.02 Å². The number of nitrogens with zero attached hydrogens (tertiary/aromatic N) is 1. The third-order valence-electron chi connectivity index (χ3n) is 2.68. The summed E-state index contributed by atoms with van der Waals surface area (Å²) in [4.78, 5) is 11.6. The molecule has 0 spiro atoms. The summed E-state index contributed by atoms with van der Waals surface area (Å²) in [6, 6.07) is 5.59. The maximum Gasteiger partial charge on any atom is 0.407 e. The van der Waals surface area contributed by atoms with Crippen molar-refractivity contribution in [3.05, 3.63) is 41.2 Å². The Labute approximate surface area is 128 Å². The molecule has 2 rings (SSSR count). The topological polar surface area (TPSA) is 67.0 Å². The molecule has 21 heavy (non-hydrogen) atoms. The SMILES string of the molecule is CC(C)(C)OC(=O)NCc1ccc(Cl)c(-c2cn[nH]c2)c1. The standard InChI is InChI=1S/C15H18ClN3O2/c1-15(2,3)21-14(20)17-7-10-4-5-13(16)12(6-10)11-8-18-19-9-11/h4-6,8-9H,7H2,1-3H3,(H,17,20)(H,18,19). The highest BCUT2D eigenvalue weighted by Crippen LogP contribution is 2.28. The molecule has 0 radical (unpaired) electrons. The molecule has 0 aliphatic heterocycles. The van der Waals surface area contributed by atoms with Crippen LogP contribution in [-0.2, 0) is 11.3 Å². The minimum Gasteiger partial charge on any atom is -0.444 e. The van der Waals surface area contributed by atoms with Gasteiger partial charge in [0.25, 0.3) is 0 Å². The number of carbonyl (C=O) groups excluding carboxylic acids is 1. The number of ether oxygens (including phenoxy) is 1. The molecule has 1 heterocycles. The molecule has 1 amide bonds. The number of rotatable bonds is 3. The van der Waals surface area contributed by atoms with E-state index in [1.54, 1.807) is 18.5 Å². The van der Waals surface area contributed by atoms with E-state index in [0.717, 1.165) is 16.7 Å². The van der Waals surface area contributed by atoms with Gasteiger partial charge in [-0.2, -0.15) is 5.10 Å². The Morgan fingerprint density at radius 2 is 2.19 bits per heavy atom. The van der Waals surface area contributed by atoms with Gasteiger partial charge in [0.15, 0.2) is 0 Å². The summed E-state index contributed by atoms with van der Waals surface area (Å²) >= 11 is 6.18. The van der Waals surface area contributed by atoms with E-state index < -0.39 is 11.7 Å². The molecule has 2 aromatic rings. The van der Waals surface area contributed by atoms with E-state index in [1.807, 2.05) is 32.9 Å². The molecular formula is C15H18ClN3O2. The molecule has 1 aromatic heterocycles. The normalized spacial score (nSPS) is 11.2. The molecule has 0 unspecified atom stereocenters. The van der Waals surface area contributed by atoms with Crippen LogP contribution in [0.25, 0.3) is 11.1 Å². The van der Waals surface area contributed by atoms with Gasteiger partial charge in [0.2, 0.25) is 0 Å². The maximum absolute atomic E-state index is 11.6. The fourth-order valence-electron chi connectivity index (χ4n) is 1.79. The first kappa shape index (κ1) is 15.4. The first-order valence-electron chi connectivity index (χ1n) is 6.59. The van der Waals surface area contributed by atoms with Crippen molar-refractivity contribution in [1.29, 1.82) is 0 Å². The van der Waals surface area contributed by atoms with Gasteiger partial charge in [-0.3, -0.25) is 5.10 Å². The van der Waals surface area contributed by atoms with Gasteiger partial charge in [-0.25, -0.2) is 4.79 Å². The minimum absolute atomic E-state index is 0.372. The van der Waals surface area contributed by atoms with Crippen molar-refractivity contribution < 1.29 is 9.53 Å². The largest absolute Gasteiger partial charge is 0.444 e. The molecule has 0 saturated carbocycles. The second kappa shape index (κ2) is 6.18. The predicted octanol–water partition coefficient (Wildman–Crippen LogP) is 3.75. The molecule has 0 aliphatic carbocycles. The number of aromatic nitrogens is 2. The first-order chi connectivity index (χ1) is 9.85. The molecule has 0 atom stereocenters. The quantitative estimate of drug-likeness (QED) is 0.907. The lowest BCUT2D eigenvalue weighted by atomic mass is 10.1. The number of alkyl carbamates (subject to hydrolysis) is 1. The number of benzene rings is 1.